The van der Waals surface area contributed by atoms with Gasteiger partial charge in [-0.15, -0.1) is 0 Å². The van der Waals surface area contributed by atoms with Crippen LogP contribution in [0.2, 0.25) is 0 Å². The van der Waals surface area contributed by atoms with E-state index in [4.69, 9.17) is 0 Å². The van der Waals surface area contributed by atoms with Crippen molar-refractivity contribution in [2.24, 2.45) is 0 Å². The predicted molar refractivity (Wildman–Crippen MR) is 115 cm³/mol. The van der Waals surface area contributed by atoms with Gasteiger partial charge < -0.3 is 4.90 Å². The molecule has 5 rings (SSSR count). The lowest BCUT2D eigenvalue weighted by atomic mass is 10.0. The molecular weight excluding hydrogens is 346 g/mol. The van der Waals surface area contributed by atoms with Gasteiger partial charge in [-0.3, -0.25) is 0 Å². The zero-order valence-electron chi connectivity index (χ0n) is 15.1. The molecule has 4 aromatic carbocycles. The van der Waals surface area contributed by atoms with Crippen molar-refractivity contribution in [1.29, 1.82) is 0 Å². The second-order valence-electron chi connectivity index (χ2n) is 6.79. The molecule has 1 heterocycles. The standard InChI is InChI=1S/C25H19NS/c1-18-10-12-19(13-11-18)20-14-16-21(17-15-20)26-22-6-2-4-8-24(22)27-25-9-5-3-7-23(25)26/h2-17H,1H3. The molecule has 130 valence electrons. The molecule has 0 aliphatic carbocycles. The van der Waals surface area contributed by atoms with Crippen LogP contribution in [0.1, 0.15) is 5.56 Å². The summed E-state index contributed by atoms with van der Waals surface area (Å²) in [7, 11) is 0. The molecule has 0 aromatic heterocycles. The molecule has 0 unspecified atom stereocenters. The van der Waals surface area contributed by atoms with Crippen LogP contribution in [0, 0.1) is 6.92 Å². The van der Waals surface area contributed by atoms with Gasteiger partial charge in [0.05, 0.1) is 11.4 Å². The van der Waals surface area contributed by atoms with E-state index in [1.54, 1.807) is 0 Å². The average Bonchev–Trinajstić information content (AvgIpc) is 2.73. The van der Waals surface area contributed by atoms with E-state index in [0.717, 1.165) is 0 Å². The minimum absolute atomic E-state index is 1.19. The van der Waals surface area contributed by atoms with E-state index in [0.29, 0.717) is 0 Å². The summed E-state index contributed by atoms with van der Waals surface area (Å²) < 4.78 is 0. The van der Waals surface area contributed by atoms with E-state index in [2.05, 4.69) is 109 Å². The Kier molecular flexibility index (Phi) is 3.99. The quantitative estimate of drug-likeness (QED) is 0.317. The first kappa shape index (κ1) is 16.2. The molecule has 0 atom stereocenters. The van der Waals surface area contributed by atoms with Crippen LogP contribution < -0.4 is 4.90 Å². The van der Waals surface area contributed by atoms with E-state index in [1.165, 1.54) is 43.5 Å². The van der Waals surface area contributed by atoms with Gasteiger partial charge in [-0.2, -0.15) is 0 Å². The van der Waals surface area contributed by atoms with Gasteiger partial charge in [0.2, 0.25) is 0 Å². The molecular formula is C25H19NS. The van der Waals surface area contributed by atoms with Crippen LogP contribution in [-0.4, -0.2) is 0 Å². The summed E-state index contributed by atoms with van der Waals surface area (Å²) in [5.74, 6) is 0. The molecule has 0 fully saturated rings. The molecule has 0 bridgehead atoms. The molecule has 0 saturated carbocycles. The fourth-order valence-electron chi connectivity index (χ4n) is 3.53. The second kappa shape index (κ2) is 6.64. The molecule has 0 radical (unpaired) electrons. The molecule has 1 aliphatic rings. The maximum absolute atomic E-state index is 2.36. The number of fused-ring (bicyclic) bond motifs is 2. The zero-order chi connectivity index (χ0) is 18.2. The lowest BCUT2D eigenvalue weighted by Crippen LogP contribution is -2.14. The van der Waals surface area contributed by atoms with Crippen molar-refractivity contribution in [1.82, 2.24) is 0 Å². The molecule has 0 spiro atoms. The van der Waals surface area contributed by atoms with Crippen LogP contribution in [0.5, 0.6) is 0 Å². The number of rotatable bonds is 2. The maximum atomic E-state index is 2.36. The Bertz CT molecular complexity index is 1050. The van der Waals surface area contributed by atoms with Crippen molar-refractivity contribution < 1.29 is 0 Å². The Labute approximate surface area is 164 Å². The van der Waals surface area contributed by atoms with Gasteiger partial charge in [0.15, 0.2) is 0 Å². The number of nitrogens with zero attached hydrogens (tertiary/aromatic N) is 1. The van der Waals surface area contributed by atoms with Crippen molar-refractivity contribution in [3.63, 3.8) is 0 Å². The summed E-state index contributed by atoms with van der Waals surface area (Å²) in [6.45, 7) is 2.12. The minimum Gasteiger partial charge on any atom is -0.308 e. The van der Waals surface area contributed by atoms with Crippen LogP contribution in [0.15, 0.2) is 107 Å². The van der Waals surface area contributed by atoms with Crippen molar-refractivity contribution in [3.8, 4) is 11.1 Å². The molecule has 1 aliphatic heterocycles. The van der Waals surface area contributed by atoms with Gasteiger partial charge in [0, 0.05) is 15.5 Å². The summed E-state index contributed by atoms with van der Waals surface area (Å²) in [5.41, 5.74) is 7.45. The van der Waals surface area contributed by atoms with Crippen LogP contribution in [0.4, 0.5) is 17.1 Å². The second-order valence-corrected chi connectivity index (χ2v) is 7.87. The van der Waals surface area contributed by atoms with Crippen molar-refractivity contribution >= 4 is 28.8 Å². The summed E-state index contributed by atoms with van der Waals surface area (Å²) in [6, 6.07) is 34.8. The first-order chi connectivity index (χ1) is 13.3. The normalized spacial score (nSPS) is 12.4. The van der Waals surface area contributed by atoms with Gasteiger partial charge >= 0.3 is 0 Å². The first-order valence-electron chi connectivity index (χ1n) is 9.13. The lowest BCUT2D eigenvalue weighted by Gasteiger charge is -2.32. The predicted octanol–water partition coefficient (Wildman–Crippen LogP) is 7.60. The minimum atomic E-state index is 1.19. The highest BCUT2D eigenvalue weighted by Gasteiger charge is 2.23. The Balaban J connectivity index is 1.59. The number of hydrogen-bond donors (Lipinski definition) is 0. The largest absolute Gasteiger partial charge is 0.308 e. The highest BCUT2D eigenvalue weighted by molar-refractivity contribution is 7.99. The number of para-hydroxylation sites is 2. The molecule has 2 heteroatoms. The number of benzene rings is 4. The zero-order valence-corrected chi connectivity index (χ0v) is 15.9. The van der Waals surface area contributed by atoms with Crippen LogP contribution >= 0.6 is 11.8 Å². The third-order valence-electron chi connectivity index (χ3n) is 4.94. The Morgan fingerprint density at radius 2 is 1.04 bits per heavy atom. The summed E-state index contributed by atoms with van der Waals surface area (Å²) in [6.07, 6.45) is 0. The SMILES string of the molecule is Cc1ccc(-c2ccc(N3c4ccccc4Sc4ccccc43)cc2)cc1. The fourth-order valence-corrected chi connectivity index (χ4v) is 4.59. The summed E-state index contributed by atoms with van der Waals surface area (Å²) in [4.78, 5) is 4.94. The van der Waals surface area contributed by atoms with E-state index in [-0.39, 0.29) is 0 Å². The molecule has 1 nitrogen and oxygen atoms in total. The Hall–Kier alpha value is -2.97. The van der Waals surface area contributed by atoms with Crippen molar-refractivity contribution in [2.75, 3.05) is 4.90 Å². The molecule has 27 heavy (non-hydrogen) atoms. The van der Waals surface area contributed by atoms with E-state index >= 15 is 0 Å². The van der Waals surface area contributed by atoms with Gasteiger partial charge in [0.1, 0.15) is 0 Å². The van der Waals surface area contributed by atoms with Crippen molar-refractivity contribution in [2.45, 2.75) is 16.7 Å². The third kappa shape index (κ3) is 2.92. The van der Waals surface area contributed by atoms with Gasteiger partial charge in [-0.25, -0.2) is 0 Å². The monoisotopic (exact) mass is 365 g/mol. The number of anilines is 3. The van der Waals surface area contributed by atoms with E-state index in [9.17, 15) is 0 Å². The highest BCUT2D eigenvalue weighted by Crippen LogP contribution is 2.51. The smallest absolute Gasteiger partial charge is 0.0601 e. The fraction of sp³-hybridized carbons (Fsp3) is 0.0400. The van der Waals surface area contributed by atoms with Crippen LogP contribution in [-0.2, 0) is 0 Å². The van der Waals surface area contributed by atoms with Crippen LogP contribution in [0.3, 0.4) is 0 Å². The summed E-state index contributed by atoms with van der Waals surface area (Å²) in [5, 5.41) is 0. The molecule has 0 saturated heterocycles. The Morgan fingerprint density at radius 1 is 0.556 bits per heavy atom. The topological polar surface area (TPSA) is 3.24 Å². The van der Waals surface area contributed by atoms with Crippen molar-refractivity contribution in [3.05, 3.63) is 103 Å². The third-order valence-corrected chi connectivity index (χ3v) is 6.07. The Morgan fingerprint density at radius 3 is 1.59 bits per heavy atom. The highest BCUT2D eigenvalue weighted by atomic mass is 32.2. The molecule has 0 amide bonds. The summed E-state index contributed by atoms with van der Waals surface area (Å²) >= 11 is 1.84. The van der Waals surface area contributed by atoms with Crippen LogP contribution in [0.25, 0.3) is 11.1 Å². The first-order valence-corrected chi connectivity index (χ1v) is 9.94. The maximum Gasteiger partial charge on any atom is 0.0601 e. The van der Waals surface area contributed by atoms with Gasteiger partial charge in [-0.05, 0) is 54.4 Å². The molecule has 0 N–H and O–H groups in total. The van der Waals surface area contributed by atoms with Gasteiger partial charge in [0.25, 0.3) is 0 Å². The lowest BCUT2D eigenvalue weighted by molar-refractivity contribution is 1.17. The number of hydrogen-bond acceptors (Lipinski definition) is 2. The average molecular weight is 366 g/mol. The van der Waals surface area contributed by atoms with E-state index in [1.807, 2.05) is 11.8 Å². The van der Waals surface area contributed by atoms with Gasteiger partial charge in [-0.1, -0.05) is 78.0 Å². The van der Waals surface area contributed by atoms with E-state index < -0.39 is 0 Å². The number of aryl methyl sites for hydroxylation is 1. The molecule has 4 aromatic rings.